The zero-order valence-electron chi connectivity index (χ0n) is 17.0. The highest BCUT2D eigenvalue weighted by molar-refractivity contribution is 7.60. The fraction of sp³-hybridized carbons (Fsp3) is 0.368. The Bertz CT molecular complexity index is 835. The summed E-state index contributed by atoms with van der Waals surface area (Å²) in [5, 5.41) is 29.2. The van der Waals surface area contributed by atoms with E-state index in [-0.39, 0.29) is 19.8 Å². The summed E-state index contributed by atoms with van der Waals surface area (Å²) < 4.78 is 28.2. The standard InChI is InChI=1S/C19H24O4.H4O7P2/c20-13-19(14-21,15-22)18(11-16-7-3-1-4-8-16)23-12-17-9-5-2-6-10-17;1-8(2,3)7-9(4,5)6/h1-10,18,20-22H,11-15H2;(H2,1,2,3)(H2,4,5,6). The van der Waals surface area contributed by atoms with Gasteiger partial charge in [0, 0.05) is 0 Å². The molecule has 0 aliphatic heterocycles. The Labute approximate surface area is 185 Å². The molecule has 0 spiro atoms. The molecule has 0 aliphatic rings. The first-order valence-electron chi connectivity index (χ1n) is 9.29. The molecule has 2 aromatic rings. The molecule has 1 unspecified atom stereocenters. The fourth-order valence-corrected chi connectivity index (χ4v) is 3.75. The van der Waals surface area contributed by atoms with E-state index in [2.05, 4.69) is 4.31 Å². The highest BCUT2D eigenvalue weighted by Gasteiger charge is 2.38. The maximum Gasteiger partial charge on any atom is 0.478 e. The van der Waals surface area contributed by atoms with E-state index in [4.69, 9.17) is 24.3 Å². The number of aliphatic hydroxyl groups is 3. The monoisotopic (exact) mass is 494 g/mol. The zero-order valence-corrected chi connectivity index (χ0v) is 18.8. The van der Waals surface area contributed by atoms with Crippen LogP contribution >= 0.6 is 15.6 Å². The van der Waals surface area contributed by atoms with E-state index in [1.54, 1.807) is 0 Å². The van der Waals surface area contributed by atoms with Crippen molar-refractivity contribution in [3.05, 3.63) is 71.8 Å². The number of aliphatic hydroxyl groups excluding tert-OH is 3. The minimum absolute atomic E-state index is 0.341. The highest BCUT2D eigenvalue weighted by atomic mass is 31.3. The molecule has 7 N–H and O–H groups in total. The first-order chi connectivity index (χ1) is 14.9. The van der Waals surface area contributed by atoms with Crippen molar-refractivity contribution in [2.45, 2.75) is 19.1 Å². The topological polar surface area (TPSA) is 194 Å². The van der Waals surface area contributed by atoms with Gasteiger partial charge < -0.3 is 39.6 Å². The van der Waals surface area contributed by atoms with Crippen LogP contribution in [0.3, 0.4) is 0 Å². The van der Waals surface area contributed by atoms with Gasteiger partial charge in [-0.3, -0.25) is 0 Å². The molecule has 13 heteroatoms. The number of benzene rings is 2. The third-order valence-electron chi connectivity index (χ3n) is 4.40. The maximum atomic E-state index is 9.72. The van der Waals surface area contributed by atoms with Crippen LogP contribution in [0.2, 0.25) is 0 Å². The van der Waals surface area contributed by atoms with E-state index >= 15 is 0 Å². The average Bonchev–Trinajstić information content (AvgIpc) is 2.73. The van der Waals surface area contributed by atoms with Crippen molar-refractivity contribution in [2.24, 2.45) is 5.41 Å². The molecule has 0 amide bonds. The SMILES string of the molecule is O=P(O)(O)OP(=O)(O)O.OCC(CO)(CO)C(Cc1ccccc1)OCc1ccccc1. The quantitative estimate of drug-likeness (QED) is 0.220. The smallest absolute Gasteiger partial charge is 0.396 e. The van der Waals surface area contributed by atoms with Gasteiger partial charge in [0.05, 0.1) is 37.9 Å². The van der Waals surface area contributed by atoms with Crippen molar-refractivity contribution in [3.8, 4) is 0 Å². The van der Waals surface area contributed by atoms with E-state index in [9.17, 15) is 24.4 Å². The molecule has 0 fully saturated rings. The van der Waals surface area contributed by atoms with Gasteiger partial charge in [0.1, 0.15) is 0 Å². The number of rotatable bonds is 11. The van der Waals surface area contributed by atoms with Gasteiger partial charge in [-0.1, -0.05) is 60.7 Å². The van der Waals surface area contributed by atoms with E-state index in [1.165, 1.54) is 0 Å². The first kappa shape index (κ1) is 28.6. The number of hydrogen-bond acceptors (Lipinski definition) is 7. The van der Waals surface area contributed by atoms with Crippen LogP contribution in [-0.2, 0) is 31.2 Å². The van der Waals surface area contributed by atoms with Crippen LogP contribution in [0.15, 0.2) is 60.7 Å². The van der Waals surface area contributed by atoms with E-state index < -0.39 is 27.2 Å². The Balaban J connectivity index is 0.000000482. The van der Waals surface area contributed by atoms with Crippen molar-refractivity contribution >= 4 is 15.6 Å². The molecule has 11 nitrogen and oxygen atoms in total. The van der Waals surface area contributed by atoms with Crippen molar-refractivity contribution in [1.29, 1.82) is 0 Å². The van der Waals surface area contributed by atoms with Crippen molar-refractivity contribution in [3.63, 3.8) is 0 Å². The molecule has 0 aromatic heterocycles. The Morgan fingerprint density at radius 1 is 0.719 bits per heavy atom. The van der Waals surface area contributed by atoms with E-state index in [1.807, 2.05) is 60.7 Å². The lowest BCUT2D eigenvalue weighted by molar-refractivity contribution is -0.118. The summed E-state index contributed by atoms with van der Waals surface area (Å²) in [6.07, 6.45) is 0.0140. The molecule has 0 saturated carbocycles. The summed E-state index contributed by atoms with van der Waals surface area (Å²) in [5.41, 5.74) is 0.962. The molecule has 1 atom stereocenters. The lowest BCUT2D eigenvalue weighted by Crippen LogP contribution is -2.47. The number of hydrogen-bond donors (Lipinski definition) is 7. The van der Waals surface area contributed by atoms with Crippen molar-refractivity contribution in [2.75, 3.05) is 19.8 Å². The molecule has 0 aliphatic carbocycles. The Morgan fingerprint density at radius 3 is 1.47 bits per heavy atom. The lowest BCUT2D eigenvalue weighted by Gasteiger charge is -2.36. The first-order valence-corrected chi connectivity index (χ1v) is 12.4. The fourth-order valence-electron chi connectivity index (χ4n) is 2.65. The molecule has 0 radical (unpaired) electrons. The van der Waals surface area contributed by atoms with Crippen molar-refractivity contribution < 1.29 is 53.1 Å². The molecule has 0 bridgehead atoms. The van der Waals surface area contributed by atoms with Gasteiger partial charge in [0.25, 0.3) is 0 Å². The maximum absolute atomic E-state index is 9.72. The van der Waals surface area contributed by atoms with Gasteiger partial charge in [-0.2, -0.15) is 4.31 Å². The third kappa shape index (κ3) is 10.9. The van der Waals surface area contributed by atoms with Crippen LogP contribution in [0.1, 0.15) is 11.1 Å². The zero-order chi connectivity index (χ0) is 24.3. The number of ether oxygens (including phenoxy) is 1. The Hall–Kier alpha value is -1.46. The van der Waals surface area contributed by atoms with E-state index in [0.717, 1.165) is 11.1 Å². The summed E-state index contributed by atoms with van der Waals surface area (Å²) in [6.45, 7) is -0.662. The van der Waals surface area contributed by atoms with Crippen LogP contribution in [0.25, 0.3) is 0 Å². The number of phosphoric acid groups is 2. The van der Waals surface area contributed by atoms with E-state index in [0.29, 0.717) is 13.0 Å². The molecule has 0 heterocycles. The average molecular weight is 494 g/mol. The second-order valence-electron chi connectivity index (χ2n) is 6.87. The summed E-state index contributed by atoms with van der Waals surface area (Å²) in [7, 11) is -10.1. The Morgan fingerprint density at radius 2 is 1.12 bits per heavy atom. The van der Waals surface area contributed by atoms with Gasteiger partial charge in [-0.25, -0.2) is 9.13 Å². The summed E-state index contributed by atoms with van der Waals surface area (Å²) in [4.78, 5) is 31.0. The molecular formula is C19H28O11P2. The molecular weight excluding hydrogens is 466 g/mol. The minimum atomic E-state index is -5.05. The second-order valence-corrected chi connectivity index (χ2v) is 9.49. The van der Waals surface area contributed by atoms with Gasteiger partial charge in [-0.15, -0.1) is 0 Å². The summed E-state index contributed by atoms with van der Waals surface area (Å²) >= 11 is 0. The predicted molar refractivity (Wildman–Crippen MR) is 114 cm³/mol. The van der Waals surface area contributed by atoms with Crippen LogP contribution in [-0.4, -0.2) is 60.8 Å². The summed E-state index contributed by atoms with van der Waals surface area (Å²) in [5.74, 6) is 0. The normalized spacial score (nSPS) is 13.2. The molecule has 2 rings (SSSR count). The predicted octanol–water partition coefficient (Wildman–Crippen LogP) is 0.966. The molecule has 32 heavy (non-hydrogen) atoms. The van der Waals surface area contributed by atoms with Crippen molar-refractivity contribution in [1.82, 2.24) is 0 Å². The largest absolute Gasteiger partial charge is 0.478 e. The van der Waals surface area contributed by atoms with Gasteiger partial charge in [0.15, 0.2) is 0 Å². The van der Waals surface area contributed by atoms with Crippen LogP contribution in [0.4, 0.5) is 0 Å². The Kier molecular flexibility index (Phi) is 11.9. The van der Waals surface area contributed by atoms with Crippen LogP contribution in [0, 0.1) is 5.41 Å². The lowest BCUT2D eigenvalue weighted by atomic mass is 9.81. The van der Waals surface area contributed by atoms with Gasteiger partial charge in [0.2, 0.25) is 0 Å². The van der Waals surface area contributed by atoms with Crippen LogP contribution < -0.4 is 0 Å². The molecule has 0 saturated heterocycles. The van der Waals surface area contributed by atoms with Gasteiger partial charge >= 0.3 is 15.6 Å². The summed E-state index contributed by atoms with van der Waals surface area (Å²) in [6, 6.07) is 19.4. The molecule has 180 valence electrons. The highest BCUT2D eigenvalue weighted by Crippen LogP contribution is 2.53. The molecule has 2 aromatic carbocycles. The third-order valence-corrected chi connectivity index (χ3v) is 6.10. The second kappa shape index (κ2) is 13.3. The van der Waals surface area contributed by atoms with Crippen LogP contribution in [0.5, 0.6) is 0 Å². The van der Waals surface area contributed by atoms with Gasteiger partial charge in [-0.05, 0) is 17.5 Å². The minimum Gasteiger partial charge on any atom is -0.396 e.